The molecule has 1 aromatic rings. The first-order valence-electron chi connectivity index (χ1n) is 7.69. The van der Waals surface area contributed by atoms with E-state index in [0.29, 0.717) is 18.0 Å². The highest BCUT2D eigenvalue weighted by Gasteiger charge is 2.23. The Labute approximate surface area is 144 Å². The summed E-state index contributed by atoms with van der Waals surface area (Å²) < 4.78 is 30.6. The number of benzene rings is 1. The maximum Gasteiger partial charge on any atom is 0.240 e. The third-order valence-electron chi connectivity index (χ3n) is 3.39. The maximum absolute atomic E-state index is 12.1. The predicted octanol–water partition coefficient (Wildman–Crippen LogP) is 0.838. The van der Waals surface area contributed by atoms with Crippen LogP contribution in [0.2, 0.25) is 0 Å². The van der Waals surface area contributed by atoms with Crippen LogP contribution in [0.1, 0.15) is 12.0 Å². The average Bonchev–Trinajstić information content (AvgIpc) is 2.48. The van der Waals surface area contributed by atoms with Gasteiger partial charge in [0.25, 0.3) is 0 Å². The number of hydrogen-bond donors (Lipinski definition) is 1. The SMILES string of the molecule is COc1ccc(C)cc1N(CC(=O)NCCCN(C)C)S(C)(=O)=O. The molecule has 0 saturated carbocycles. The van der Waals surface area contributed by atoms with Crippen LogP contribution in [0.15, 0.2) is 18.2 Å². The van der Waals surface area contributed by atoms with Crippen molar-refractivity contribution in [1.29, 1.82) is 0 Å². The van der Waals surface area contributed by atoms with Crippen LogP contribution >= 0.6 is 0 Å². The smallest absolute Gasteiger partial charge is 0.240 e. The number of ether oxygens (including phenoxy) is 1. The fourth-order valence-corrected chi connectivity index (χ4v) is 3.04. The number of carbonyl (C=O) groups is 1. The number of nitrogens with one attached hydrogen (secondary N) is 1. The first-order chi connectivity index (χ1) is 11.1. The van der Waals surface area contributed by atoms with E-state index >= 15 is 0 Å². The van der Waals surface area contributed by atoms with E-state index in [2.05, 4.69) is 5.32 Å². The van der Waals surface area contributed by atoms with Gasteiger partial charge in [0, 0.05) is 6.54 Å². The van der Waals surface area contributed by atoms with Gasteiger partial charge in [-0.05, 0) is 51.7 Å². The van der Waals surface area contributed by atoms with Crippen LogP contribution < -0.4 is 14.4 Å². The second-order valence-corrected chi connectivity index (χ2v) is 7.86. The Balaban J connectivity index is 2.89. The van der Waals surface area contributed by atoms with Crippen molar-refractivity contribution in [2.24, 2.45) is 0 Å². The highest BCUT2D eigenvalue weighted by atomic mass is 32.2. The van der Waals surface area contributed by atoms with Crippen molar-refractivity contribution < 1.29 is 17.9 Å². The molecule has 0 bridgehead atoms. The molecule has 0 fully saturated rings. The van der Waals surface area contributed by atoms with Gasteiger partial charge in [-0.3, -0.25) is 9.10 Å². The molecular formula is C16H27N3O4S. The van der Waals surface area contributed by atoms with Gasteiger partial charge >= 0.3 is 0 Å². The quantitative estimate of drug-likeness (QED) is 0.663. The summed E-state index contributed by atoms with van der Waals surface area (Å²) >= 11 is 0. The van der Waals surface area contributed by atoms with Gasteiger partial charge in [-0.25, -0.2) is 8.42 Å². The second-order valence-electron chi connectivity index (χ2n) is 5.95. The lowest BCUT2D eigenvalue weighted by atomic mass is 10.2. The van der Waals surface area contributed by atoms with E-state index < -0.39 is 10.0 Å². The largest absolute Gasteiger partial charge is 0.495 e. The zero-order valence-electron chi connectivity index (χ0n) is 15.0. The van der Waals surface area contributed by atoms with E-state index in [0.717, 1.165) is 29.1 Å². The Morgan fingerprint density at radius 3 is 2.50 bits per heavy atom. The molecule has 1 rings (SSSR count). The molecule has 0 aliphatic heterocycles. The van der Waals surface area contributed by atoms with E-state index in [4.69, 9.17) is 4.74 Å². The zero-order valence-corrected chi connectivity index (χ0v) is 15.8. The fraction of sp³-hybridized carbons (Fsp3) is 0.562. The Hall–Kier alpha value is -1.80. The van der Waals surface area contributed by atoms with Gasteiger partial charge in [0.1, 0.15) is 12.3 Å². The van der Waals surface area contributed by atoms with Crippen LogP contribution in [0.25, 0.3) is 0 Å². The Kier molecular flexibility index (Phi) is 7.50. The highest BCUT2D eigenvalue weighted by Crippen LogP contribution is 2.30. The molecule has 0 unspecified atom stereocenters. The Bertz CT molecular complexity index is 659. The summed E-state index contributed by atoms with van der Waals surface area (Å²) in [6.45, 7) is 2.92. The van der Waals surface area contributed by atoms with Crippen molar-refractivity contribution in [1.82, 2.24) is 10.2 Å². The minimum absolute atomic E-state index is 0.277. The molecule has 7 nitrogen and oxygen atoms in total. The first-order valence-corrected chi connectivity index (χ1v) is 9.53. The molecule has 24 heavy (non-hydrogen) atoms. The molecule has 1 aromatic carbocycles. The minimum atomic E-state index is -3.62. The summed E-state index contributed by atoms with van der Waals surface area (Å²) in [7, 11) is 1.76. The fourth-order valence-electron chi connectivity index (χ4n) is 2.19. The summed E-state index contributed by atoms with van der Waals surface area (Å²) in [6.07, 6.45) is 1.87. The van der Waals surface area contributed by atoms with Crippen LogP contribution in [-0.2, 0) is 14.8 Å². The molecule has 136 valence electrons. The highest BCUT2D eigenvalue weighted by molar-refractivity contribution is 7.92. The molecule has 1 N–H and O–H groups in total. The van der Waals surface area contributed by atoms with E-state index in [1.807, 2.05) is 32.0 Å². The topological polar surface area (TPSA) is 79.0 Å². The average molecular weight is 357 g/mol. The predicted molar refractivity (Wildman–Crippen MR) is 96.1 cm³/mol. The number of hydrogen-bond acceptors (Lipinski definition) is 5. The van der Waals surface area contributed by atoms with Gasteiger partial charge < -0.3 is 15.0 Å². The summed E-state index contributed by atoms with van der Waals surface area (Å²) in [5.74, 6) is 0.0640. The molecular weight excluding hydrogens is 330 g/mol. The van der Waals surface area contributed by atoms with Crippen molar-refractivity contribution in [2.75, 3.05) is 51.4 Å². The first kappa shape index (κ1) is 20.2. The summed E-state index contributed by atoms with van der Waals surface area (Å²) in [6, 6.07) is 5.21. The van der Waals surface area contributed by atoms with Crippen LogP contribution in [0.5, 0.6) is 5.75 Å². The molecule has 0 saturated heterocycles. The van der Waals surface area contributed by atoms with Crippen LogP contribution in [0.3, 0.4) is 0 Å². The summed E-state index contributed by atoms with van der Waals surface area (Å²) in [5.41, 5.74) is 1.24. The number of carbonyl (C=O) groups excluding carboxylic acids is 1. The van der Waals surface area contributed by atoms with Crippen molar-refractivity contribution in [3.05, 3.63) is 23.8 Å². The molecule has 0 heterocycles. The monoisotopic (exact) mass is 357 g/mol. The van der Waals surface area contributed by atoms with Gasteiger partial charge in [-0.2, -0.15) is 0 Å². The van der Waals surface area contributed by atoms with Crippen molar-refractivity contribution in [3.63, 3.8) is 0 Å². The molecule has 0 spiro atoms. The third-order valence-corrected chi connectivity index (χ3v) is 4.52. The lowest BCUT2D eigenvalue weighted by molar-refractivity contribution is -0.119. The van der Waals surface area contributed by atoms with Crippen LogP contribution in [-0.4, -0.2) is 66.3 Å². The number of aryl methyl sites for hydroxylation is 1. The summed E-state index contributed by atoms with van der Waals surface area (Å²) in [5, 5.41) is 2.75. The lowest BCUT2D eigenvalue weighted by Gasteiger charge is -2.24. The maximum atomic E-state index is 12.1. The number of anilines is 1. The second kappa shape index (κ2) is 8.89. The standard InChI is InChI=1S/C16H27N3O4S/c1-13-7-8-15(23-4)14(11-13)19(24(5,21)22)12-16(20)17-9-6-10-18(2)3/h7-8,11H,6,9-10,12H2,1-5H3,(H,17,20). The molecule has 0 aliphatic carbocycles. The molecule has 1 amide bonds. The molecule has 0 radical (unpaired) electrons. The van der Waals surface area contributed by atoms with Crippen LogP contribution in [0, 0.1) is 6.92 Å². The van der Waals surface area contributed by atoms with Gasteiger partial charge in [-0.1, -0.05) is 6.07 Å². The van der Waals surface area contributed by atoms with E-state index in [9.17, 15) is 13.2 Å². The van der Waals surface area contributed by atoms with Gasteiger partial charge in [0.2, 0.25) is 15.9 Å². The van der Waals surface area contributed by atoms with E-state index in [-0.39, 0.29) is 12.5 Å². The summed E-state index contributed by atoms with van der Waals surface area (Å²) in [4.78, 5) is 14.2. The molecule has 8 heteroatoms. The Morgan fingerprint density at radius 1 is 1.29 bits per heavy atom. The number of methoxy groups -OCH3 is 1. The lowest BCUT2D eigenvalue weighted by Crippen LogP contribution is -2.41. The van der Waals surface area contributed by atoms with Gasteiger partial charge in [0.05, 0.1) is 19.1 Å². The number of nitrogens with zero attached hydrogens (tertiary/aromatic N) is 2. The number of rotatable bonds is 9. The molecule has 0 atom stereocenters. The van der Waals surface area contributed by atoms with Crippen molar-refractivity contribution in [3.8, 4) is 5.75 Å². The van der Waals surface area contributed by atoms with Gasteiger partial charge in [-0.15, -0.1) is 0 Å². The van der Waals surface area contributed by atoms with E-state index in [1.165, 1.54) is 7.11 Å². The van der Waals surface area contributed by atoms with Crippen molar-refractivity contribution in [2.45, 2.75) is 13.3 Å². The third kappa shape index (κ3) is 6.37. The van der Waals surface area contributed by atoms with Gasteiger partial charge in [0.15, 0.2) is 0 Å². The Morgan fingerprint density at radius 2 is 1.96 bits per heavy atom. The zero-order chi connectivity index (χ0) is 18.3. The van der Waals surface area contributed by atoms with Crippen molar-refractivity contribution >= 4 is 21.6 Å². The molecule has 0 aromatic heterocycles. The van der Waals surface area contributed by atoms with E-state index in [1.54, 1.807) is 12.1 Å². The minimum Gasteiger partial charge on any atom is -0.495 e. The number of amides is 1. The van der Waals surface area contributed by atoms with Crippen LogP contribution in [0.4, 0.5) is 5.69 Å². The number of sulfonamides is 1. The normalized spacial score (nSPS) is 11.4. The molecule has 0 aliphatic rings.